The van der Waals surface area contributed by atoms with E-state index < -0.39 is 18.2 Å². The van der Waals surface area contributed by atoms with Gasteiger partial charge in [0.2, 0.25) is 17.7 Å². The molecule has 2 fully saturated rings. The Labute approximate surface area is 264 Å². The van der Waals surface area contributed by atoms with Crippen LogP contribution in [0.1, 0.15) is 49.3 Å². The van der Waals surface area contributed by atoms with Crippen molar-refractivity contribution in [1.29, 1.82) is 0 Å². The first kappa shape index (κ1) is 31.5. The van der Waals surface area contributed by atoms with Crippen molar-refractivity contribution >= 4 is 47.3 Å². The lowest BCUT2D eigenvalue weighted by molar-refractivity contribution is -0.135. The fraction of sp³-hybridized carbons (Fsp3) is 0.333. The van der Waals surface area contributed by atoms with Gasteiger partial charge in [-0.3, -0.25) is 19.3 Å². The second-order valence-electron chi connectivity index (χ2n) is 11.6. The smallest absolute Gasteiger partial charge is 0.410 e. The van der Waals surface area contributed by atoms with Crippen molar-refractivity contribution in [3.63, 3.8) is 0 Å². The third-order valence-corrected chi connectivity index (χ3v) is 8.61. The number of hydrogen-bond donors (Lipinski definition) is 0. The molecule has 0 radical (unpaired) electrons. The van der Waals surface area contributed by atoms with E-state index in [1.54, 1.807) is 28.8 Å². The van der Waals surface area contributed by atoms with E-state index in [1.807, 2.05) is 91.0 Å². The number of benzene rings is 3. The minimum atomic E-state index is -0.554. The van der Waals surface area contributed by atoms with E-state index in [-0.39, 0.29) is 24.3 Å². The zero-order valence-corrected chi connectivity index (χ0v) is 26.1. The lowest BCUT2D eigenvalue weighted by atomic mass is 10.1. The van der Waals surface area contributed by atoms with Crippen LogP contribution in [0.25, 0.3) is 12.2 Å². The van der Waals surface area contributed by atoms with Gasteiger partial charge in [0.05, 0.1) is 0 Å². The van der Waals surface area contributed by atoms with Gasteiger partial charge in [-0.1, -0.05) is 66.7 Å². The molecule has 9 nitrogen and oxygen atoms in total. The van der Waals surface area contributed by atoms with E-state index >= 15 is 0 Å². The molecule has 2 aliphatic heterocycles. The largest absolute Gasteiger partial charge is 0.445 e. The minimum Gasteiger partial charge on any atom is -0.445 e. The highest BCUT2D eigenvalue weighted by atomic mass is 16.6. The van der Waals surface area contributed by atoms with Crippen molar-refractivity contribution in [3.05, 3.63) is 95.6 Å². The predicted molar refractivity (Wildman–Crippen MR) is 175 cm³/mol. The van der Waals surface area contributed by atoms with Gasteiger partial charge in [0.1, 0.15) is 18.7 Å². The van der Waals surface area contributed by atoms with Crippen LogP contribution in [0.4, 0.5) is 16.2 Å². The number of likely N-dealkylation sites (tertiary alicyclic amines) is 2. The molecule has 3 aromatic rings. The van der Waals surface area contributed by atoms with Crippen LogP contribution in [0, 0.1) is 0 Å². The summed E-state index contributed by atoms with van der Waals surface area (Å²) in [6.45, 7) is 2.80. The molecule has 2 saturated heterocycles. The van der Waals surface area contributed by atoms with Crippen molar-refractivity contribution < 1.29 is 23.9 Å². The summed E-state index contributed by atoms with van der Waals surface area (Å²) >= 11 is 0. The number of amides is 4. The first-order valence-electron chi connectivity index (χ1n) is 15.4. The monoisotopic (exact) mass is 608 g/mol. The summed E-state index contributed by atoms with van der Waals surface area (Å²) in [6.07, 6.45) is 6.39. The highest BCUT2D eigenvalue weighted by molar-refractivity contribution is 5.99. The second-order valence-corrected chi connectivity index (χ2v) is 11.6. The van der Waals surface area contributed by atoms with Gasteiger partial charge in [-0.25, -0.2) is 4.79 Å². The van der Waals surface area contributed by atoms with Gasteiger partial charge in [-0.2, -0.15) is 0 Å². The van der Waals surface area contributed by atoms with Crippen LogP contribution in [0.2, 0.25) is 0 Å². The first-order valence-corrected chi connectivity index (χ1v) is 15.4. The summed E-state index contributed by atoms with van der Waals surface area (Å²) < 4.78 is 5.50. The normalized spacial score (nSPS) is 17.8. The van der Waals surface area contributed by atoms with Gasteiger partial charge < -0.3 is 19.4 Å². The molecular formula is C36H40N4O5. The standard InChI is InChI=1S/C36H40N4O5/c1-26(41)39-23-7-11-32(39)34(42)37(2)30-19-15-27(16-20-30)13-14-28-17-21-31(22-18-28)38(3)35(43)33-12-8-24-40(33)36(44)45-25-29-9-5-4-6-10-29/h4-6,9-10,13-22,32-33H,7-8,11-12,23-25H2,1-3H3/b14-13+/t32-,33-/m0/s1. The van der Waals surface area contributed by atoms with Crippen molar-refractivity contribution in [2.24, 2.45) is 0 Å². The molecule has 2 aliphatic rings. The molecule has 4 amide bonds. The maximum absolute atomic E-state index is 13.4. The fourth-order valence-electron chi connectivity index (χ4n) is 5.96. The van der Waals surface area contributed by atoms with Crippen molar-refractivity contribution in [2.45, 2.75) is 51.3 Å². The van der Waals surface area contributed by atoms with E-state index in [2.05, 4.69) is 0 Å². The molecule has 234 valence electrons. The Bertz CT molecular complexity index is 1540. The van der Waals surface area contributed by atoms with Gasteiger partial charge in [-0.15, -0.1) is 0 Å². The molecule has 0 saturated carbocycles. The average Bonchev–Trinajstić information content (AvgIpc) is 3.77. The van der Waals surface area contributed by atoms with Crippen LogP contribution in [0.3, 0.4) is 0 Å². The maximum atomic E-state index is 13.4. The second kappa shape index (κ2) is 14.2. The molecule has 0 bridgehead atoms. The summed E-state index contributed by atoms with van der Waals surface area (Å²) in [4.78, 5) is 57.5. The number of ether oxygens (including phenoxy) is 1. The highest BCUT2D eigenvalue weighted by Gasteiger charge is 2.37. The quantitative estimate of drug-likeness (QED) is 0.311. The van der Waals surface area contributed by atoms with E-state index in [9.17, 15) is 19.2 Å². The first-order chi connectivity index (χ1) is 21.7. The molecular weight excluding hydrogens is 568 g/mol. The van der Waals surface area contributed by atoms with Gasteiger partial charge in [0.15, 0.2) is 0 Å². The van der Waals surface area contributed by atoms with Crippen LogP contribution < -0.4 is 9.80 Å². The predicted octanol–water partition coefficient (Wildman–Crippen LogP) is 5.59. The Morgan fingerprint density at radius 3 is 1.67 bits per heavy atom. The number of carbonyl (C=O) groups excluding carboxylic acids is 4. The Hall–Kier alpha value is -4.92. The van der Waals surface area contributed by atoms with Gasteiger partial charge >= 0.3 is 6.09 Å². The molecule has 5 rings (SSSR count). The van der Waals surface area contributed by atoms with Crippen LogP contribution in [-0.4, -0.2) is 72.9 Å². The molecule has 3 aromatic carbocycles. The summed E-state index contributed by atoms with van der Waals surface area (Å²) in [5.41, 5.74) is 4.36. The molecule has 2 heterocycles. The number of anilines is 2. The lowest BCUT2D eigenvalue weighted by Gasteiger charge is -2.27. The van der Waals surface area contributed by atoms with Crippen molar-refractivity contribution in [1.82, 2.24) is 9.80 Å². The summed E-state index contributed by atoms with van der Waals surface area (Å²) in [5.74, 6) is -0.278. The topological polar surface area (TPSA) is 90.5 Å². The van der Waals surface area contributed by atoms with Crippen molar-refractivity contribution in [3.8, 4) is 0 Å². The Morgan fingerprint density at radius 1 is 0.711 bits per heavy atom. The molecule has 2 atom stereocenters. The third-order valence-electron chi connectivity index (χ3n) is 8.61. The highest BCUT2D eigenvalue weighted by Crippen LogP contribution is 2.25. The summed E-state index contributed by atoms with van der Waals surface area (Å²) in [5, 5.41) is 0. The van der Waals surface area contributed by atoms with Gasteiger partial charge in [0.25, 0.3) is 0 Å². The molecule has 0 unspecified atom stereocenters. The maximum Gasteiger partial charge on any atom is 0.410 e. The van der Waals surface area contributed by atoms with Gasteiger partial charge in [-0.05, 0) is 66.6 Å². The Balaban J connectivity index is 1.15. The third kappa shape index (κ3) is 7.42. The van der Waals surface area contributed by atoms with E-state index in [1.165, 1.54) is 11.8 Å². The summed E-state index contributed by atoms with van der Waals surface area (Å²) in [7, 11) is 3.47. The number of likely N-dealkylation sites (N-methyl/N-ethyl adjacent to an activating group) is 2. The number of rotatable bonds is 8. The Morgan fingerprint density at radius 2 is 1.18 bits per heavy atom. The van der Waals surface area contributed by atoms with Crippen LogP contribution in [0.5, 0.6) is 0 Å². The zero-order valence-electron chi connectivity index (χ0n) is 26.1. The SMILES string of the molecule is CC(=O)N1CCC[C@H]1C(=O)N(C)c1ccc(/C=C/c2ccc(N(C)C(=O)[C@@H]3CCCN3C(=O)OCc3ccccc3)cc2)cc1. The average molecular weight is 609 g/mol. The number of hydrogen-bond acceptors (Lipinski definition) is 5. The molecule has 0 aliphatic carbocycles. The Kier molecular flexibility index (Phi) is 9.97. The number of nitrogens with zero attached hydrogens (tertiary/aromatic N) is 4. The molecule has 45 heavy (non-hydrogen) atoms. The van der Waals surface area contributed by atoms with Crippen LogP contribution >= 0.6 is 0 Å². The van der Waals surface area contributed by atoms with Crippen LogP contribution in [0.15, 0.2) is 78.9 Å². The van der Waals surface area contributed by atoms with Gasteiger partial charge in [0, 0.05) is 45.5 Å². The minimum absolute atomic E-state index is 0.0665. The number of carbonyl (C=O) groups is 4. The fourth-order valence-corrected chi connectivity index (χ4v) is 5.96. The van der Waals surface area contributed by atoms with Crippen molar-refractivity contribution in [2.75, 3.05) is 37.0 Å². The molecule has 0 spiro atoms. The molecule has 0 aromatic heterocycles. The zero-order chi connectivity index (χ0) is 31.9. The van der Waals surface area contributed by atoms with E-state index in [0.29, 0.717) is 25.9 Å². The summed E-state index contributed by atoms with van der Waals surface area (Å²) in [6, 6.07) is 23.9. The van der Waals surface area contributed by atoms with Crippen LogP contribution in [-0.2, 0) is 25.7 Å². The molecule has 9 heteroatoms. The molecule has 0 N–H and O–H groups in total. The lowest BCUT2D eigenvalue weighted by Crippen LogP contribution is -2.46. The van der Waals surface area contributed by atoms with E-state index in [0.717, 1.165) is 40.9 Å². The van der Waals surface area contributed by atoms with E-state index in [4.69, 9.17) is 4.74 Å².